The molecule has 0 atom stereocenters. The van der Waals surface area contributed by atoms with E-state index in [4.69, 9.17) is 18.9 Å². The molecule has 1 aromatic heterocycles. The van der Waals surface area contributed by atoms with Crippen LogP contribution in [0.2, 0.25) is 0 Å². The van der Waals surface area contributed by atoms with Gasteiger partial charge in [0.15, 0.2) is 23.1 Å². The molecule has 0 bridgehead atoms. The standard InChI is InChI=1S/C25H23FN2O6S/c1-31-24-15-19-21(16-25(24)32-2)27-11-10-22(19)34-23-9-8-18(14-20(23)26)35(29,30)28-12-13-33-17-6-4-3-5-7-17/h3-11,14-16,28H,12-13H2,1-2H3. The molecule has 10 heteroatoms. The van der Waals surface area contributed by atoms with E-state index in [1.165, 1.54) is 32.5 Å². The topological polar surface area (TPSA) is 96.0 Å². The lowest BCUT2D eigenvalue weighted by atomic mass is 10.2. The van der Waals surface area contributed by atoms with Gasteiger partial charge in [0.25, 0.3) is 0 Å². The van der Waals surface area contributed by atoms with E-state index in [9.17, 15) is 12.8 Å². The highest BCUT2D eigenvalue weighted by atomic mass is 32.2. The summed E-state index contributed by atoms with van der Waals surface area (Å²) in [4.78, 5) is 4.06. The van der Waals surface area contributed by atoms with E-state index in [0.717, 1.165) is 6.07 Å². The fourth-order valence-corrected chi connectivity index (χ4v) is 4.36. The Hall–Kier alpha value is -3.89. The summed E-state index contributed by atoms with van der Waals surface area (Å²) >= 11 is 0. The number of aromatic nitrogens is 1. The van der Waals surface area contributed by atoms with Crippen molar-refractivity contribution < 1.29 is 31.8 Å². The van der Waals surface area contributed by atoms with Crippen molar-refractivity contribution >= 4 is 20.9 Å². The molecule has 0 aliphatic rings. The summed E-state index contributed by atoms with van der Waals surface area (Å²) in [5.41, 5.74) is 0.557. The van der Waals surface area contributed by atoms with Gasteiger partial charge in [0.2, 0.25) is 10.0 Å². The molecule has 0 fully saturated rings. The molecule has 1 N–H and O–H groups in total. The number of ether oxygens (including phenoxy) is 4. The van der Waals surface area contributed by atoms with E-state index in [1.54, 1.807) is 30.3 Å². The van der Waals surface area contributed by atoms with Gasteiger partial charge in [0.05, 0.1) is 24.6 Å². The highest BCUT2D eigenvalue weighted by molar-refractivity contribution is 7.89. The van der Waals surface area contributed by atoms with E-state index >= 15 is 0 Å². The SMILES string of the molecule is COc1cc2nccc(Oc3ccc(S(=O)(=O)NCCOc4ccccc4)cc3F)c2cc1OC. The second kappa shape index (κ2) is 10.6. The van der Waals surface area contributed by atoms with Crippen molar-refractivity contribution in [2.45, 2.75) is 4.90 Å². The van der Waals surface area contributed by atoms with Crippen molar-refractivity contribution in [3.05, 3.63) is 78.7 Å². The Labute approximate surface area is 202 Å². The van der Waals surface area contributed by atoms with Crippen molar-refractivity contribution in [2.75, 3.05) is 27.4 Å². The maximum Gasteiger partial charge on any atom is 0.240 e. The zero-order valence-corrected chi connectivity index (χ0v) is 19.8. The Bertz CT molecular complexity index is 1430. The number of sulfonamides is 1. The third-order valence-electron chi connectivity index (χ3n) is 5.05. The third-order valence-corrected chi connectivity index (χ3v) is 6.51. The van der Waals surface area contributed by atoms with Crippen LogP contribution in [0.3, 0.4) is 0 Å². The van der Waals surface area contributed by atoms with E-state index in [2.05, 4.69) is 9.71 Å². The molecule has 35 heavy (non-hydrogen) atoms. The first-order valence-corrected chi connectivity index (χ1v) is 12.1. The first-order valence-electron chi connectivity index (χ1n) is 10.6. The minimum atomic E-state index is -3.94. The largest absolute Gasteiger partial charge is 0.493 e. The van der Waals surface area contributed by atoms with Crippen molar-refractivity contribution in [3.63, 3.8) is 0 Å². The van der Waals surface area contributed by atoms with Crippen molar-refractivity contribution in [1.29, 1.82) is 0 Å². The summed E-state index contributed by atoms with van der Waals surface area (Å²) in [5.74, 6) is 0.923. The molecule has 8 nitrogen and oxygen atoms in total. The fraction of sp³-hybridized carbons (Fsp3) is 0.160. The van der Waals surface area contributed by atoms with Gasteiger partial charge in [-0.3, -0.25) is 4.98 Å². The number of pyridine rings is 1. The van der Waals surface area contributed by atoms with Crippen LogP contribution >= 0.6 is 0 Å². The van der Waals surface area contributed by atoms with E-state index in [-0.39, 0.29) is 23.8 Å². The van der Waals surface area contributed by atoms with Crippen molar-refractivity contribution in [2.24, 2.45) is 0 Å². The summed E-state index contributed by atoms with van der Waals surface area (Å²) in [5, 5.41) is 0.571. The molecule has 4 rings (SSSR count). The first-order chi connectivity index (χ1) is 16.9. The second-order valence-corrected chi connectivity index (χ2v) is 9.05. The molecular weight excluding hydrogens is 475 g/mol. The lowest BCUT2D eigenvalue weighted by molar-refractivity contribution is 0.323. The summed E-state index contributed by atoms with van der Waals surface area (Å²) in [7, 11) is -0.929. The third kappa shape index (κ3) is 5.61. The molecule has 0 aliphatic carbocycles. The summed E-state index contributed by atoms with van der Waals surface area (Å²) in [6.45, 7) is 0.141. The van der Waals surface area contributed by atoms with Crippen LogP contribution < -0.4 is 23.7 Å². The minimum absolute atomic E-state index is 0.0192. The molecule has 4 aromatic rings. The Morgan fingerprint density at radius 2 is 1.63 bits per heavy atom. The lowest BCUT2D eigenvalue weighted by Gasteiger charge is -2.13. The number of methoxy groups -OCH3 is 2. The molecule has 182 valence electrons. The number of hydrogen-bond donors (Lipinski definition) is 1. The van der Waals surface area contributed by atoms with Gasteiger partial charge in [-0.2, -0.15) is 0 Å². The lowest BCUT2D eigenvalue weighted by Crippen LogP contribution is -2.28. The first kappa shape index (κ1) is 24.2. The number of nitrogens with zero attached hydrogens (tertiary/aromatic N) is 1. The van der Waals surface area contributed by atoms with Gasteiger partial charge >= 0.3 is 0 Å². The van der Waals surface area contributed by atoms with E-state index < -0.39 is 15.8 Å². The Morgan fingerprint density at radius 1 is 0.886 bits per heavy atom. The van der Waals surface area contributed by atoms with Gasteiger partial charge in [-0.15, -0.1) is 0 Å². The van der Waals surface area contributed by atoms with Crippen molar-refractivity contribution in [1.82, 2.24) is 9.71 Å². The van der Waals surface area contributed by atoms with Gasteiger partial charge < -0.3 is 18.9 Å². The average Bonchev–Trinajstić information content (AvgIpc) is 2.87. The number of rotatable bonds is 10. The predicted octanol–water partition coefficient (Wildman–Crippen LogP) is 4.54. The molecule has 0 spiro atoms. The number of halogens is 1. The Balaban J connectivity index is 1.48. The Morgan fingerprint density at radius 3 is 2.34 bits per heavy atom. The van der Waals surface area contributed by atoms with Crippen LogP contribution in [0.25, 0.3) is 10.9 Å². The Kier molecular flexibility index (Phi) is 7.33. The fourth-order valence-electron chi connectivity index (χ4n) is 3.33. The molecule has 1 heterocycles. The number of fused-ring (bicyclic) bond motifs is 1. The number of para-hydroxylation sites is 1. The number of nitrogens with one attached hydrogen (secondary N) is 1. The van der Waals surface area contributed by atoms with Gasteiger partial charge in [0.1, 0.15) is 18.1 Å². The zero-order valence-electron chi connectivity index (χ0n) is 19.0. The van der Waals surface area contributed by atoms with E-state index in [1.807, 2.05) is 18.2 Å². The summed E-state index contributed by atoms with van der Waals surface area (Å²) < 4.78 is 64.2. The monoisotopic (exact) mass is 498 g/mol. The predicted molar refractivity (Wildman–Crippen MR) is 128 cm³/mol. The van der Waals surface area contributed by atoms with Crippen LogP contribution in [0.15, 0.2) is 77.8 Å². The summed E-state index contributed by atoms with van der Waals surface area (Å²) in [6, 6.07) is 17.4. The smallest absolute Gasteiger partial charge is 0.240 e. The van der Waals surface area contributed by atoms with Crippen LogP contribution in [-0.4, -0.2) is 40.8 Å². The van der Waals surface area contributed by atoms with Gasteiger partial charge in [0, 0.05) is 24.2 Å². The molecular formula is C25H23FN2O6S. The zero-order chi connectivity index (χ0) is 24.8. The number of hydrogen-bond acceptors (Lipinski definition) is 7. The van der Waals surface area contributed by atoms with Crippen LogP contribution in [-0.2, 0) is 10.0 Å². The molecule has 0 unspecified atom stereocenters. The van der Waals surface area contributed by atoms with Crippen LogP contribution in [0.4, 0.5) is 4.39 Å². The van der Waals surface area contributed by atoms with Crippen molar-refractivity contribution in [3.8, 4) is 28.7 Å². The average molecular weight is 499 g/mol. The van der Waals surface area contributed by atoms with Gasteiger partial charge in [-0.05, 0) is 42.5 Å². The molecule has 0 amide bonds. The molecule has 3 aromatic carbocycles. The van der Waals surface area contributed by atoms with Gasteiger partial charge in [-0.25, -0.2) is 17.5 Å². The molecule has 0 radical (unpaired) electrons. The van der Waals surface area contributed by atoms with E-state index in [0.29, 0.717) is 33.9 Å². The minimum Gasteiger partial charge on any atom is -0.493 e. The second-order valence-electron chi connectivity index (χ2n) is 7.29. The maximum absolute atomic E-state index is 14.8. The maximum atomic E-state index is 14.8. The van der Waals surface area contributed by atoms with Crippen LogP contribution in [0, 0.1) is 5.82 Å². The quantitative estimate of drug-likeness (QED) is 0.321. The number of benzene rings is 3. The van der Waals surface area contributed by atoms with Crippen LogP contribution in [0.1, 0.15) is 0 Å². The highest BCUT2D eigenvalue weighted by Crippen LogP contribution is 2.37. The highest BCUT2D eigenvalue weighted by Gasteiger charge is 2.18. The summed E-state index contributed by atoms with van der Waals surface area (Å²) in [6.07, 6.45) is 1.52. The molecule has 0 saturated heterocycles. The van der Waals surface area contributed by atoms with Crippen LogP contribution in [0.5, 0.6) is 28.7 Å². The van der Waals surface area contributed by atoms with Gasteiger partial charge in [-0.1, -0.05) is 18.2 Å². The molecule has 0 saturated carbocycles. The molecule has 0 aliphatic heterocycles. The normalized spacial score (nSPS) is 11.3.